The third-order valence-corrected chi connectivity index (χ3v) is 16.2. The van der Waals surface area contributed by atoms with E-state index in [1.54, 1.807) is 23.1 Å². The van der Waals surface area contributed by atoms with E-state index in [0.717, 1.165) is 44.4 Å². The van der Waals surface area contributed by atoms with Crippen LogP contribution in [0.3, 0.4) is 0 Å². The van der Waals surface area contributed by atoms with E-state index in [9.17, 15) is 24.0 Å². The second kappa shape index (κ2) is 23.6. The molecule has 19 nitrogen and oxygen atoms in total. The molecule has 1 spiro atoms. The number of azide groups is 1. The second-order valence-electron chi connectivity index (χ2n) is 23.2. The third-order valence-electron chi connectivity index (χ3n) is 16.2. The summed E-state index contributed by atoms with van der Waals surface area (Å²) in [5, 5.41) is 9.19. The van der Waals surface area contributed by atoms with Crippen molar-refractivity contribution in [3.63, 3.8) is 0 Å². The zero-order valence-electron chi connectivity index (χ0n) is 47.3. The summed E-state index contributed by atoms with van der Waals surface area (Å²) in [6.45, 7) is 18.1. The Bertz CT molecular complexity index is 3060. The van der Waals surface area contributed by atoms with Gasteiger partial charge in [-0.2, -0.15) is 0 Å². The lowest BCUT2D eigenvalue weighted by atomic mass is 9.84. The first kappa shape index (κ1) is 57.2. The highest BCUT2D eigenvalue weighted by molar-refractivity contribution is 5.98. The Morgan fingerprint density at radius 3 is 2.54 bits per heavy atom. The fourth-order valence-electron chi connectivity index (χ4n) is 11.3. The van der Waals surface area contributed by atoms with Gasteiger partial charge < -0.3 is 33.9 Å². The maximum atomic E-state index is 15.0. The molecular formula is C59H77N11O8. The van der Waals surface area contributed by atoms with Gasteiger partial charge >= 0.3 is 5.97 Å². The van der Waals surface area contributed by atoms with Crippen LogP contribution < -0.4 is 15.5 Å². The van der Waals surface area contributed by atoms with Crippen LogP contribution >= 0.6 is 0 Å². The van der Waals surface area contributed by atoms with E-state index in [4.69, 9.17) is 24.7 Å². The van der Waals surface area contributed by atoms with Crippen LogP contribution in [0.5, 0.6) is 5.75 Å². The number of nitrogens with one attached hydrogen (secondary N) is 2. The maximum absolute atomic E-state index is 15.0. The van der Waals surface area contributed by atoms with E-state index >= 15 is 0 Å². The number of hydrogen-bond donors (Lipinski definition) is 2. The summed E-state index contributed by atoms with van der Waals surface area (Å²) in [6.07, 6.45) is 3.79. The van der Waals surface area contributed by atoms with E-state index < -0.39 is 52.3 Å². The van der Waals surface area contributed by atoms with E-state index in [1.165, 1.54) is 5.01 Å². The predicted octanol–water partition coefficient (Wildman–Crippen LogP) is 7.25. The van der Waals surface area contributed by atoms with Gasteiger partial charge in [-0.05, 0) is 132 Å². The van der Waals surface area contributed by atoms with E-state index in [-0.39, 0.29) is 56.6 Å². The molecule has 78 heavy (non-hydrogen) atoms. The normalized spacial score (nSPS) is 21.5. The van der Waals surface area contributed by atoms with Gasteiger partial charge in [-0.25, -0.2) is 5.43 Å². The zero-order valence-corrected chi connectivity index (χ0v) is 47.3. The van der Waals surface area contributed by atoms with Gasteiger partial charge in [-0.1, -0.05) is 69.1 Å². The molecule has 0 radical (unpaired) electrons. The van der Waals surface area contributed by atoms with Gasteiger partial charge in [0, 0.05) is 73.0 Å². The molecule has 4 aliphatic rings. The zero-order chi connectivity index (χ0) is 56.3. The third kappa shape index (κ3) is 12.0. The van der Waals surface area contributed by atoms with Gasteiger partial charge in [0.1, 0.15) is 23.9 Å². The Labute approximate surface area is 458 Å². The van der Waals surface area contributed by atoms with E-state index in [1.807, 2.05) is 83.9 Å². The minimum Gasteiger partial charge on any atom is -0.492 e. The van der Waals surface area contributed by atoms with Crippen molar-refractivity contribution in [3.05, 3.63) is 82.0 Å². The summed E-state index contributed by atoms with van der Waals surface area (Å²) < 4.78 is 20.4. The summed E-state index contributed by atoms with van der Waals surface area (Å²) in [4.78, 5) is 85.0. The molecule has 8 rings (SSSR count). The number of nitrogens with zero attached hydrogens (tertiary/aromatic N) is 9. The van der Waals surface area contributed by atoms with Gasteiger partial charge in [-0.3, -0.25) is 38.9 Å². The number of cyclic esters (lactones) is 1. The van der Waals surface area contributed by atoms with Gasteiger partial charge in [0.2, 0.25) is 11.8 Å². The van der Waals surface area contributed by atoms with Crippen LogP contribution in [0.25, 0.3) is 43.7 Å². The molecular weight excluding hydrogens is 991 g/mol. The highest BCUT2D eigenvalue weighted by Crippen LogP contribution is 2.44. The van der Waals surface area contributed by atoms with E-state index in [0.29, 0.717) is 69.7 Å². The average molecular weight is 1070 g/mol. The van der Waals surface area contributed by atoms with Gasteiger partial charge in [0.15, 0.2) is 0 Å². The lowest BCUT2D eigenvalue weighted by Crippen LogP contribution is -2.62. The van der Waals surface area contributed by atoms with Crippen molar-refractivity contribution in [2.24, 2.45) is 21.9 Å². The Morgan fingerprint density at radius 2 is 1.82 bits per heavy atom. The molecule has 4 aromatic rings. The van der Waals surface area contributed by atoms with Crippen LogP contribution in [0.15, 0.2) is 59.8 Å². The molecule has 2 aromatic heterocycles. The monoisotopic (exact) mass is 1070 g/mol. The fourth-order valence-corrected chi connectivity index (χ4v) is 11.3. The number of esters is 1. The van der Waals surface area contributed by atoms with E-state index in [2.05, 4.69) is 76.1 Å². The lowest BCUT2D eigenvalue weighted by Gasteiger charge is -2.37. The van der Waals surface area contributed by atoms with Crippen LogP contribution in [-0.4, -0.2) is 150 Å². The number of amides is 4. The lowest BCUT2D eigenvalue weighted by molar-refractivity contribution is -0.155. The van der Waals surface area contributed by atoms with Crippen LogP contribution in [0.4, 0.5) is 0 Å². The summed E-state index contributed by atoms with van der Waals surface area (Å²) >= 11 is 0. The first-order valence-electron chi connectivity index (χ1n) is 27.4. The standard InChI is InChI=1S/C59H77N11O8/c1-12-68-48-19-18-41-31-43(48)45(52(68)44-32-42(77-28-24-62-65-60)34-61-50(44)38(4)76-11)33-57(5,6)36-78-55(74)46-17-14-25-70(64-46)54(73)47(30-39-15-13-16-40(41)29-39)63-53(72)51(37(2)3)69-27-23-59(56(69)75)22-26-67(35-59)49(71)20-21-58(7,8)66(9)10/h13,15-16,18-19,29,31-32,34,37-38,46-47,51,64H,12,14,17,22-28,30,33,35-36H2,1-11H3,(H,63,72)/t38-,46-,47-,51-,59-/m0/s1. The number of likely N-dealkylation sites (tertiary alicyclic amines) is 2. The molecule has 5 atom stereocenters. The molecule has 3 fully saturated rings. The number of rotatable bonds is 13. The molecule has 416 valence electrons. The molecule has 4 aliphatic heterocycles. The molecule has 19 heteroatoms. The number of aromatic nitrogens is 2. The van der Waals surface area contributed by atoms with Gasteiger partial charge in [-0.15, -0.1) is 0 Å². The topological polar surface area (TPSA) is 217 Å². The summed E-state index contributed by atoms with van der Waals surface area (Å²) in [6, 6.07) is 13.5. The van der Waals surface area contributed by atoms with Crippen molar-refractivity contribution < 1.29 is 38.2 Å². The summed E-state index contributed by atoms with van der Waals surface area (Å²) in [5.74, 6) is 4.21. The molecule has 6 bridgehead atoms. The number of pyridine rings is 1. The Morgan fingerprint density at radius 1 is 1.06 bits per heavy atom. The van der Waals surface area contributed by atoms with Crippen molar-refractivity contribution in [2.75, 3.05) is 67.1 Å². The van der Waals surface area contributed by atoms with Crippen molar-refractivity contribution in [3.8, 4) is 40.0 Å². The number of fused-ring (bicyclic) bond motifs is 6. The number of ether oxygens (including phenoxy) is 3. The molecule has 0 saturated carbocycles. The largest absolute Gasteiger partial charge is 0.492 e. The number of carbonyl (C=O) groups is 5. The molecule has 0 aliphatic carbocycles. The first-order valence-corrected chi connectivity index (χ1v) is 27.4. The maximum Gasteiger partial charge on any atom is 0.324 e. The second-order valence-corrected chi connectivity index (χ2v) is 23.2. The molecule has 2 aromatic carbocycles. The Hall–Kier alpha value is -6.97. The van der Waals surface area contributed by atoms with Gasteiger partial charge in [0.05, 0.1) is 54.4 Å². The van der Waals surface area contributed by atoms with Crippen LogP contribution in [-0.2, 0) is 52.8 Å². The van der Waals surface area contributed by atoms with Gasteiger partial charge in [0.25, 0.3) is 11.8 Å². The molecule has 3 saturated heterocycles. The Kier molecular flexibility index (Phi) is 17.3. The smallest absolute Gasteiger partial charge is 0.324 e. The number of benzene rings is 2. The van der Waals surface area contributed by atoms with Crippen molar-refractivity contribution in [2.45, 2.75) is 130 Å². The van der Waals surface area contributed by atoms with Crippen molar-refractivity contribution in [1.29, 1.82) is 0 Å². The number of hydrogen-bond acceptors (Lipinski definition) is 12. The molecule has 4 amide bonds. The quantitative estimate of drug-likeness (QED) is 0.0339. The first-order chi connectivity index (χ1) is 37.1. The van der Waals surface area contributed by atoms with Crippen LogP contribution in [0.2, 0.25) is 0 Å². The molecule has 2 N–H and O–H groups in total. The van der Waals surface area contributed by atoms with Crippen LogP contribution in [0, 0.1) is 28.6 Å². The predicted molar refractivity (Wildman–Crippen MR) is 297 cm³/mol. The average Bonchev–Trinajstić information content (AvgIpc) is 4.18. The minimum absolute atomic E-state index is 0.0728. The van der Waals surface area contributed by atoms with Crippen molar-refractivity contribution >= 4 is 40.5 Å². The number of aryl methyl sites for hydroxylation is 1. The highest BCUT2D eigenvalue weighted by atomic mass is 16.5. The SMILES string of the molecule is CCn1c(-c2cc(OCCN=[N+]=[N-])cnc2[C@H](C)OC)c2c3cc(ccc31)-c1cccc(c1)C[C@H](NC(=O)[C@H](C(C)C)N1CC[C@]3(CCN(C(=O)C#CC(C)(C)N(C)C)C3)C1=O)C(=O)N1CCC[C@H](N1)C(=O)OCC(C)(C)C2. The van der Waals surface area contributed by atoms with Crippen LogP contribution in [0.1, 0.15) is 104 Å². The fraction of sp³-hybridized carbons (Fsp3) is 0.559. The number of methoxy groups -OCH3 is 1. The van der Waals surface area contributed by atoms with Crippen molar-refractivity contribution in [1.82, 2.24) is 40.0 Å². The minimum atomic E-state index is -1.09. The number of carbonyl (C=O) groups excluding carboxylic acids is 5. The summed E-state index contributed by atoms with van der Waals surface area (Å²) in [7, 11) is 5.46. The molecule has 6 heterocycles. The summed E-state index contributed by atoms with van der Waals surface area (Å²) in [5.41, 5.74) is 17.2. The Balaban J connectivity index is 1.15. The number of hydrazine groups is 1. The highest BCUT2D eigenvalue weighted by Gasteiger charge is 2.54. The molecule has 0 unspecified atom stereocenters.